The van der Waals surface area contributed by atoms with Crippen molar-refractivity contribution >= 4 is 50.6 Å². The maximum atomic E-state index is 12.0. The zero-order valence-electron chi connectivity index (χ0n) is 12.5. The van der Waals surface area contributed by atoms with Crippen LogP contribution in [-0.2, 0) is 0 Å². The van der Waals surface area contributed by atoms with Crippen LogP contribution >= 0.6 is 38.5 Å². The molecule has 2 aromatic rings. The molecule has 0 bridgehead atoms. The number of amides is 1. The number of ether oxygens (including phenoxy) is 2. The fourth-order valence-electron chi connectivity index (χ4n) is 1.84. The summed E-state index contributed by atoms with van der Waals surface area (Å²) in [5.41, 5.74) is 3.81. The maximum Gasteiger partial charge on any atom is 0.271 e. The first-order valence-electron chi connectivity index (χ1n) is 6.55. The molecule has 0 saturated carbocycles. The zero-order chi connectivity index (χ0) is 16.8. The van der Waals surface area contributed by atoms with Gasteiger partial charge in [0.05, 0.1) is 24.9 Å². The van der Waals surface area contributed by atoms with Gasteiger partial charge < -0.3 is 9.47 Å². The van der Waals surface area contributed by atoms with E-state index in [9.17, 15) is 4.79 Å². The van der Waals surface area contributed by atoms with E-state index in [4.69, 9.17) is 9.47 Å². The number of methoxy groups -OCH3 is 2. The van der Waals surface area contributed by atoms with Gasteiger partial charge in [0.15, 0.2) is 11.5 Å². The Hall–Kier alpha value is -1.61. The molecule has 2 aromatic carbocycles. The second-order valence-corrected chi connectivity index (χ2v) is 6.54. The third-order valence-corrected chi connectivity index (χ3v) is 4.25. The van der Waals surface area contributed by atoms with Gasteiger partial charge in [-0.15, -0.1) is 0 Å². The smallest absolute Gasteiger partial charge is 0.271 e. The molecule has 2 rings (SSSR count). The van der Waals surface area contributed by atoms with Crippen LogP contribution in [0.3, 0.4) is 0 Å². The molecule has 1 amide bonds. The third kappa shape index (κ3) is 4.68. The molecule has 0 aliphatic heterocycles. The predicted octanol–water partition coefficient (Wildman–Crippen LogP) is 3.83. The third-order valence-electron chi connectivity index (χ3n) is 2.94. The first kappa shape index (κ1) is 17.7. The molecule has 0 aliphatic carbocycles. The SMILES string of the molecule is COc1cc(/C=N\NC(=O)c2ccc(I)cc2)cc(Br)c1OC. The molecule has 0 radical (unpaired) electrons. The average molecular weight is 489 g/mol. The maximum absolute atomic E-state index is 12.0. The largest absolute Gasteiger partial charge is 0.493 e. The van der Waals surface area contributed by atoms with Crippen molar-refractivity contribution in [2.24, 2.45) is 5.10 Å². The molecule has 0 fully saturated rings. The van der Waals surface area contributed by atoms with Crippen molar-refractivity contribution < 1.29 is 14.3 Å². The molecular weight excluding hydrogens is 475 g/mol. The Balaban J connectivity index is 2.10. The van der Waals surface area contributed by atoms with E-state index in [1.54, 1.807) is 32.4 Å². The van der Waals surface area contributed by atoms with Gasteiger partial charge in [-0.1, -0.05) is 0 Å². The number of benzene rings is 2. The van der Waals surface area contributed by atoms with Crippen LogP contribution in [0.1, 0.15) is 15.9 Å². The lowest BCUT2D eigenvalue weighted by molar-refractivity contribution is 0.0955. The average Bonchev–Trinajstić information content (AvgIpc) is 2.54. The van der Waals surface area contributed by atoms with Crippen LogP contribution in [0.4, 0.5) is 0 Å². The molecule has 120 valence electrons. The van der Waals surface area contributed by atoms with Gasteiger partial charge in [-0.3, -0.25) is 4.79 Å². The number of nitrogens with one attached hydrogen (secondary N) is 1. The van der Waals surface area contributed by atoms with Gasteiger partial charge in [-0.25, -0.2) is 5.43 Å². The van der Waals surface area contributed by atoms with E-state index in [0.29, 0.717) is 17.1 Å². The summed E-state index contributed by atoms with van der Waals surface area (Å²) < 4.78 is 12.3. The highest BCUT2D eigenvalue weighted by molar-refractivity contribution is 14.1. The molecule has 0 atom stereocenters. The Labute approximate surface area is 156 Å². The molecular formula is C16H14BrIN2O3. The molecule has 5 nitrogen and oxygen atoms in total. The molecule has 1 N–H and O–H groups in total. The predicted molar refractivity (Wildman–Crippen MR) is 101 cm³/mol. The highest BCUT2D eigenvalue weighted by Crippen LogP contribution is 2.35. The van der Waals surface area contributed by atoms with Crippen LogP contribution in [-0.4, -0.2) is 26.3 Å². The Kier molecular flexibility index (Phi) is 6.40. The monoisotopic (exact) mass is 488 g/mol. The van der Waals surface area contributed by atoms with Crippen molar-refractivity contribution in [3.63, 3.8) is 0 Å². The number of nitrogens with zero attached hydrogens (tertiary/aromatic N) is 1. The lowest BCUT2D eigenvalue weighted by Gasteiger charge is -2.10. The van der Waals surface area contributed by atoms with Gasteiger partial charge in [0, 0.05) is 9.13 Å². The van der Waals surface area contributed by atoms with E-state index in [1.165, 1.54) is 6.21 Å². The van der Waals surface area contributed by atoms with Crippen molar-refractivity contribution in [1.29, 1.82) is 0 Å². The van der Waals surface area contributed by atoms with Gasteiger partial charge in [0.1, 0.15) is 0 Å². The minimum Gasteiger partial charge on any atom is -0.493 e. The van der Waals surface area contributed by atoms with Crippen LogP contribution in [0.25, 0.3) is 0 Å². The van der Waals surface area contributed by atoms with Crippen molar-refractivity contribution in [1.82, 2.24) is 5.43 Å². The molecule has 0 heterocycles. The highest BCUT2D eigenvalue weighted by Gasteiger charge is 2.09. The fraction of sp³-hybridized carbons (Fsp3) is 0.125. The summed E-state index contributed by atoms with van der Waals surface area (Å²) in [6, 6.07) is 10.8. The summed E-state index contributed by atoms with van der Waals surface area (Å²) in [7, 11) is 3.13. The first-order chi connectivity index (χ1) is 11.0. The Bertz CT molecular complexity index is 733. The van der Waals surface area contributed by atoms with Gasteiger partial charge in [-0.05, 0) is 80.5 Å². The zero-order valence-corrected chi connectivity index (χ0v) is 16.2. The minimum absolute atomic E-state index is 0.266. The van der Waals surface area contributed by atoms with Crippen LogP contribution in [0.2, 0.25) is 0 Å². The lowest BCUT2D eigenvalue weighted by Crippen LogP contribution is -2.17. The molecule has 0 aromatic heterocycles. The van der Waals surface area contributed by atoms with Gasteiger partial charge in [0.25, 0.3) is 5.91 Å². The van der Waals surface area contributed by atoms with Crippen molar-refractivity contribution in [3.05, 3.63) is 55.6 Å². The second kappa shape index (κ2) is 8.30. The minimum atomic E-state index is -0.266. The van der Waals surface area contributed by atoms with E-state index in [-0.39, 0.29) is 5.91 Å². The fourth-order valence-corrected chi connectivity index (χ4v) is 2.82. The normalized spacial score (nSPS) is 10.6. The van der Waals surface area contributed by atoms with Gasteiger partial charge in [-0.2, -0.15) is 5.10 Å². The lowest BCUT2D eigenvalue weighted by atomic mass is 10.2. The van der Waals surface area contributed by atoms with Crippen LogP contribution < -0.4 is 14.9 Å². The van der Waals surface area contributed by atoms with Gasteiger partial charge in [0.2, 0.25) is 0 Å². The summed E-state index contributed by atoms with van der Waals surface area (Å²) in [5.74, 6) is 0.914. The molecule has 0 aliphatic rings. The molecule has 0 saturated heterocycles. The van der Waals surface area contributed by atoms with E-state index in [0.717, 1.165) is 13.6 Å². The first-order valence-corrected chi connectivity index (χ1v) is 8.43. The number of rotatable bonds is 5. The number of carbonyl (C=O) groups excluding carboxylic acids is 1. The highest BCUT2D eigenvalue weighted by atomic mass is 127. The number of carbonyl (C=O) groups is 1. The quantitative estimate of drug-likeness (QED) is 0.395. The molecule has 7 heteroatoms. The topological polar surface area (TPSA) is 59.9 Å². The summed E-state index contributed by atoms with van der Waals surface area (Å²) in [4.78, 5) is 12.0. The standard InChI is InChI=1S/C16H14BrIN2O3/c1-22-14-8-10(7-13(17)15(14)23-2)9-19-20-16(21)11-3-5-12(18)6-4-11/h3-9H,1-2H3,(H,20,21)/b19-9-. The second-order valence-electron chi connectivity index (χ2n) is 4.44. The van der Waals surface area contributed by atoms with Gasteiger partial charge >= 0.3 is 0 Å². The van der Waals surface area contributed by atoms with E-state index in [2.05, 4.69) is 49.0 Å². The summed E-state index contributed by atoms with van der Waals surface area (Å²) in [6.07, 6.45) is 1.54. The van der Waals surface area contributed by atoms with E-state index < -0.39 is 0 Å². The Morgan fingerprint density at radius 1 is 1.22 bits per heavy atom. The van der Waals surface area contributed by atoms with Crippen molar-refractivity contribution in [2.75, 3.05) is 14.2 Å². The number of hydrazone groups is 1. The summed E-state index contributed by atoms with van der Waals surface area (Å²) >= 11 is 5.59. The van der Waals surface area contributed by atoms with E-state index >= 15 is 0 Å². The van der Waals surface area contributed by atoms with Crippen molar-refractivity contribution in [2.45, 2.75) is 0 Å². The molecule has 0 spiro atoms. The Morgan fingerprint density at radius 2 is 1.91 bits per heavy atom. The van der Waals surface area contributed by atoms with Crippen LogP contribution in [0.15, 0.2) is 46.0 Å². The molecule has 0 unspecified atom stereocenters. The van der Waals surface area contributed by atoms with E-state index in [1.807, 2.05) is 18.2 Å². The molecule has 23 heavy (non-hydrogen) atoms. The number of halogens is 2. The van der Waals surface area contributed by atoms with Crippen molar-refractivity contribution in [3.8, 4) is 11.5 Å². The van der Waals surface area contributed by atoms with Crippen LogP contribution in [0, 0.1) is 3.57 Å². The van der Waals surface area contributed by atoms with Crippen LogP contribution in [0.5, 0.6) is 11.5 Å². The summed E-state index contributed by atoms with van der Waals surface area (Å²) in [6.45, 7) is 0. The number of hydrogen-bond donors (Lipinski definition) is 1. The summed E-state index contributed by atoms with van der Waals surface area (Å²) in [5, 5.41) is 3.97. The number of hydrogen-bond acceptors (Lipinski definition) is 4. The Morgan fingerprint density at radius 3 is 2.52 bits per heavy atom.